The number of benzene rings is 1. The fraction of sp³-hybridized carbons (Fsp3) is 0.429. The van der Waals surface area contributed by atoms with Gasteiger partial charge in [0, 0.05) is 18.7 Å². The molecule has 0 saturated carbocycles. The van der Waals surface area contributed by atoms with Gasteiger partial charge in [0.2, 0.25) is 5.91 Å². The summed E-state index contributed by atoms with van der Waals surface area (Å²) in [6, 6.07) is 6.09. The number of phenols is 1. The van der Waals surface area contributed by atoms with Crippen LogP contribution in [0.15, 0.2) is 18.2 Å². The third kappa shape index (κ3) is 2.89. The Hall–Kier alpha value is -2.13. The summed E-state index contributed by atoms with van der Waals surface area (Å²) in [6.45, 7) is 0.596. The average Bonchev–Trinajstić information content (AvgIpc) is 2.81. The molecule has 1 heterocycles. The highest BCUT2D eigenvalue weighted by Gasteiger charge is 2.33. The number of phenolic OH excluding ortho intramolecular Hbond substituents is 1. The Morgan fingerprint density at radius 3 is 3.05 bits per heavy atom. The maximum atomic E-state index is 13.1. The van der Waals surface area contributed by atoms with Gasteiger partial charge in [0.25, 0.3) is 0 Å². The summed E-state index contributed by atoms with van der Waals surface area (Å²) in [6.07, 6.45) is 0.494. The topological polar surface area (TPSA) is 76.4 Å². The molecule has 1 fully saturated rings. The van der Waals surface area contributed by atoms with Crippen molar-refractivity contribution in [2.24, 2.45) is 5.92 Å². The number of nitrogens with zero attached hydrogens (tertiary/aromatic N) is 2. The standard InChI is InChI=1S/C14H16FN3O2/c1-18-8-10(5-11(18)6-16)14(20)17-7-9-3-2-4-12(15)13(9)19/h2-4,10-11,19H,5,7-8H2,1H3,(H,17,20). The zero-order valence-corrected chi connectivity index (χ0v) is 11.1. The Balaban J connectivity index is 1.93. The predicted octanol–water partition coefficient (Wildman–Crippen LogP) is 0.991. The van der Waals surface area contributed by atoms with E-state index in [1.807, 2.05) is 4.90 Å². The molecule has 0 spiro atoms. The second kappa shape index (κ2) is 5.88. The predicted molar refractivity (Wildman–Crippen MR) is 70.0 cm³/mol. The van der Waals surface area contributed by atoms with Gasteiger partial charge < -0.3 is 10.4 Å². The Morgan fingerprint density at radius 1 is 1.65 bits per heavy atom. The summed E-state index contributed by atoms with van der Waals surface area (Å²) in [5.41, 5.74) is 0.335. The number of halogens is 1. The summed E-state index contributed by atoms with van der Waals surface area (Å²) in [4.78, 5) is 13.8. The van der Waals surface area contributed by atoms with Crippen LogP contribution in [-0.4, -0.2) is 35.5 Å². The fourth-order valence-electron chi connectivity index (χ4n) is 2.37. The van der Waals surface area contributed by atoms with Crippen molar-refractivity contribution in [1.82, 2.24) is 10.2 Å². The number of carbonyl (C=O) groups is 1. The number of hydrogen-bond acceptors (Lipinski definition) is 4. The van der Waals surface area contributed by atoms with Crippen molar-refractivity contribution in [3.63, 3.8) is 0 Å². The molecule has 106 valence electrons. The van der Waals surface area contributed by atoms with Crippen molar-refractivity contribution in [2.45, 2.75) is 19.0 Å². The van der Waals surface area contributed by atoms with Crippen molar-refractivity contribution in [1.29, 1.82) is 5.26 Å². The monoisotopic (exact) mass is 277 g/mol. The first-order valence-electron chi connectivity index (χ1n) is 6.37. The lowest BCUT2D eigenvalue weighted by atomic mass is 10.1. The van der Waals surface area contributed by atoms with E-state index in [-0.39, 0.29) is 24.4 Å². The number of rotatable bonds is 3. The number of carbonyl (C=O) groups excluding carboxylic acids is 1. The van der Waals surface area contributed by atoms with Crippen LogP contribution < -0.4 is 5.32 Å². The van der Waals surface area contributed by atoms with Gasteiger partial charge in [0.1, 0.15) is 0 Å². The molecule has 5 nitrogen and oxygen atoms in total. The largest absolute Gasteiger partial charge is 0.505 e. The van der Waals surface area contributed by atoms with E-state index in [1.54, 1.807) is 13.1 Å². The quantitative estimate of drug-likeness (QED) is 0.864. The molecule has 1 aromatic carbocycles. The van der Waals surface area contributed by atoms with Crippen LogP contribution in [0.4, 0.5) is 4.39 Å². The average molecular weight is 277 g/mol. The van der Waals surface area contributed by atoms with Crippen LogP contribution >= 0.6 is 0 Å². The van der Waals surface area contributed by atoms with E-state index in [0.29, 0.717) is 18.5 Å². The van der Waals surface area contributed by atoms with Crippen LogP contribution in [-0.2, 0) is 11.3 Å². The van der Waals surface area contributed by atoms with E-state index in [0.717, 1.165) is 6.07 Å². The highest BCUT2D eigenvalue weighted by molar-refractivity contribution is 5.79. The summed E-state index contributed by atoms with van der Waals surface area (Å²) in [5.74, 6) is -1.58. The zero-order chi connectivity index (χ0) is 14.7. The molecular formula is C14H16FN3O2. The molecule has 1 saturated heterocycles. The van der Waals surface area contributed by atoms with Crippen molar-refractivity contribution >= 4 is 5.91 Å². The molecule has 1 aromatic rings. The fourth-order valence-corrected chi connectivity index (χ4v) is 2.37. The van der Waals surface area contributed by atoms with E-state index in [4.69, 9.17) is 5.26 Å². The molecule has 1 aliphatic rings. The smallest absolute Gasteiger partial charge is 0.224 e. The molecular weight excluding hydrogens is 261 g/mol. The molecule has 2 atom stereocenters. The molecule has 20 heavy (non-hydrogen) atoms. The summed E-state index contributed by atoms with van der Waals surface area (Å²) >= 11 is 0. The van der Waals surface area contributed by atoms with Gasteiger partial charge in [-0.3, -0.25) is 9.69 Å². The van der Waals surface area contributed by atoms with Crippen molar-refractivity contribution in [3.8, 4) is 11.8 Å². The van der Waals surface area contributed by atoms with Crippen LogP contribution in [0.2, 0.25) is 0 Å². The van der Waals surface area contributed by atoms with Gasteiger partial charge in [0.05, 0.1) is 18.0 Å². The van der Waals surface area contributed by atoms with Crippen LogP contribution in [0, 0.1) is 23.1 Å². The van der Waals surface area contributed by atoms with E-state index in [9.17, 15) is 14.3 Å². The molecule has 6 heteroatoms. The Bertz CT molecular complexity index is 556. The maximum absolute atomic E-state index is 13.1. The first-order valence-corrected chi connectivity index (χ1v) is 6.37. The van der Waals surface area contributed by atoms with Crippen LogP contribution in [0.25, 0.3) is 0 Å². The minimum absolute atomic E-state index is 0.0693. The molecule has 1 aliphatic heterocycles. The minimum atomic E-state index is -0.707. The normalized spacial score (nSPS) is 22.4. The SMILES string of the molecule is CN1CC(C(=O)NCc2cccc(F)c2O)CC1C#N. The Kier molecular flexibility index (Phi) is 4.20. The number of nitrogens with one attached hydrogen (secondary N) is 1. The third-order valence-electron chi connectivity index (χ3n) is 3.59. The van der Waals surface area contributed by atoms with Gasteiger partial charge in [-0.05, 0) is 19.5 Å². The second-order valence-corrected chi connectivity index (χ2v) is 4.98. The number of likely N-dealkylation sites (tertiary alicyclic amines) is 1. The number of hydrogen-bond donors (Lipinski definition) is 2. The van der Waals surface area contributed by atoms with E-state index in [1.165, 1.54) is 6.07 Å². The maximum Gasteiger partial charge on any atom is 0.224 e. The zero-order valence-electron chi connectivity index (χ0n) is 11.1. The molecule has 2 unspecified atom stereocenters. The summed E-state index contributed by atoms with van der Waals surface area (Å²) in [7, 11) is 1.81. The summed E-state index contributed by atoms with van der Waals surface area (Å²) in [5, 5.41) is 21.1. The summed E-state index contributed by atoms with van der Waals surface area (Å²) < 4.78 is 13.1. The molecule has 1 amide bonds. The lowest BCUT2D eigenvalue weighted by molar-refractivity contribution is -0.124. The van der Waals surface area contributed by atoms with Gasteiger partial charge in [-0.25, -0.2) is 4.39 Å². The Morgan fingerprint density at radius 2 is 2.40 bits per heavy atom. The number of amides is 1. The molecule has 0 aromatic heterocycles. The highest BCUT2D eigenvalue weighted by atomic mass is 19.1. The lowest BCUT2D eigenvalue weighted by Gasteiger charge is -2.12. The van der Waals surface area contributed by atoms with Crippen molar-refractivity contribution < 1.29 is 14.3 Å². The van der Waals surface area contributed by atoms with E-state index in [2.05, 4.69) is 11.4 Å². The number of aromatic hydroxyl groups is 1. The first-order chi connectivity index (χ1) is 9.52. The van der Waals surface area contributed by atoms with E-state index < -0.39 is 11.6 Å². The lowest BCUT2D eigenvalue weighted by Crippen LogP contribution is -2.31. The molecule has 0 radical (unpaired) electrons. The molecule has 0 bridgehead atoms. The van der Waals surface area contributed by atoms with Gasteiger partial charge in [-0.1, -0.05) is 12.1 Å². The molecule has 2 N–H and O–H groups in total. The third-order valence-corrected chi connectivity index (χ3v) is 3.59. The number of nitriles is 1. The van der Waals surface area contributed by atoms with Crippen molar-refractivity contribution in [3.05, 3.63) is 29.6 Å². The van der Waals surface area contributed by atoms with Crippen LogP contribution in [0.5, 0.6) is 5.75 Å². The van der Waals surface area contributed by atoms with Crippen molar-refractivity contribution in [2.75, 3.05) is 13.6 Å². The van der Waals surface area contributed by atoms with Gasteiger partial charge in [-0.2, -0.15) is 5.26 Å². The van der Waals surface area contributed by atoms with Gasteiger partial charge in [0.15, 0.2) is 11.6 Å². The van der Waals surface area contributed by atoms with Gasteiger partial charge in [-0.15, -0.1) is 0 Å². The van der Waals surface area contributed by atoms with Crippen LogP contribution in [0.1, 0.15) is 12.0 Å². The Labute approximate surface area is 116 Å². The minimum Gasteiger partial charge on any atom is -0.505 e. The van der Waals surface area contributed by atoms with Crippen LogP contribution in [0.3, 0.4) is 0 Å². The molecule has 0 aliphatic carbocycles. The second-order valence-electron chi connectivity index (χ2n) is 4.98. The number of para-hydroxylation sites is 1. The van der Waals surface area contributed by atoms with E-state index >= 15 is 0 Å². The first kappa shape index (κ1) is 14.3. The highest BCUT2D eigenvalue weighted by Crippen LogP contribution is 2.23. The molecule has 2 rings (SSSR count). The van der Waals surface area contributed by atoms with Gasteiger partial charge >= 0.3 is 0 Å².